The van der Waals surface area contributed by atoms with Gasteiger partial charge in [-0.1, -0.05) is 67.6 Å². The van der Waals surface area contributed by atoms with Crippen LogP contribution in [0, 0.1) is 3.57 Å². The monoisotopic (exact) mass is 482 g/mol. The summed E-state index contributed by atoms with van der Waals surface area (Å²) in [5.74, 6) is 0. The van der Waals surface area contributed by atoms with Crippen LogP contribution in [0.2, 0.25) is 0 Å². The second-order valence-corrected chi connectivity index (χ2v) is 8.26. The lowest BCUT2D eigenvalue weighted by molar-refractivity contribution is -0.108. The number of aldehydes is 1. The fourth-order valence-corrected chi connectivity index (χ4v) is 2.35. The maximum Gasteiger partial charge on any atom is 0.139 e. The molecule has 1 nitrogen and oxygen atoms in total. The fraction of sp³-hybridized carbons (Fsp3) is 0.438. The van der Waals surface area contributed by atoms with E-state index in [0.29, 0.717) is 0 Å². The molecule has 1 rings (SSSR count). The van der Waals surface area contributed by atoms with Gasteiger partial charge >= 0.3 is 0 Å². The average Bonchev–Trinajstić information content (AvgIpc) is 2.45. The number of halogens is 2. The minimum Gasteiger partial charge on any atom is -0.302 e. The van der Waals surface area contributed by atoms with Crippen molar-refractivity contribution in [2.45, 2.75) is 42.4 Å². The molecule has 0 aliphatic rings. The number of hydrogen-bond acceptors (Lipinski definition) is 1. The normalized spacial score (nSPS) is 17.9. The van der Waals surface area contributed by atoms with Crippen LogP contribution in [0.4, 0.5) is 0 Å². The van der Waals surface area contributed by atoms with Crippen LogP contribution in [0.1, 0.15) is 39.2 Å². The van der Waals surface area contributed by atoms with Crippen molar-refractivity contribution in [3.05, 3.63) is 45.6 Å². The van der Waals surface area contributed by atoms with Gasteiger partial charge < -0.3 is 4.79 Å². The summed E-state index contributed by atoms with van der Waals surface area (Å²) in [6.45, 7) is 6.45. The maximum absolute atomic E-state index is 11.2. The van der Waals surface area contributed by atoms with Crippen molar-refractivity contribution in [1.29, 1.82) is 0 Å². The molecule has 104 valence electrons. The van der Waals surface area contributed by atoms with Gasteiger partial charge in [-0.05, 0) is 53.1 Å². The van der Waals surface area contributed by atoms with Gasteiger partial charge in [0.2, 0.25) is 0 Å². The molecule has 19 heavy (non-hydrogen) atoms. The molecule has 1 aromatic carbocycles. The van der Waals surface area contributed by atoms with Crippen LogP contribution >= 0.6 is 45.2 Å². The summed E-state index contributed by atoms with van der Waals surface area (Å²) in [4.78, 5) is 11.2. The van der Waals surface area contributed by atoms with Crippen molar-refractivity contribution in [3.63, 3.8) is 0 Å². The summed E-state index contributed by atoms with van der Waals surface area (Å²) < 4.78 is 0.866. The highest BCUT2D eigenvalue weighted by Crippen LogP contribution is 2.32. The summed E-state index contributed by atoms with van der Waals surface area (Å²) in [5, 5.41) is 0. The van der Waals surface area contributed by atoms with Crippen molar-refractivity contribution < 1.29 is 4.79 Å². The van der Waals surface area contributed by atoms with E-state index in [-0.39, 0.29) is 8.84 Å². The van der Waals surface area contributed by atoms with Gasteiger partial charge in [0.25, 0.3) is 0 Å². The van der Waals surface area contributed by atoms with Gasteiger partial charge in [0, 0.05) is 8.99 Å². The van der Waals surface area contributed by atoms with Crippen LogP contribution < -0.4 is 0 Å². The first kappa shape index (κ1) is 17.1. The number of rotatable bonds is 6. The van der Waals surface area contributed by atoms with Crippen LogP contribution in [0.25, 0.3) is 0 Å². The summed E-state index contributed by atoms with van der Waals surface area (Å²) in [6.07, 6.45) is 7.12. The second kappa shape index (κ2) is 7.20. The van der Waals surface area contributed by atoms with E-state index in [1.54, 1.807) is 0 Å². The van der Waals surface area contributed by atoms with E-state index >= 15 is 0 Å². The van der Waals surface area contributed by atoms with Crippen molar-refractivity contribution in [1.82, 2.24) is 0 Å². The van der Waals surface area contributed by atoms with Gasteiger partial charge in [0.1, 0.15) is 6.29 Å². The van der Waals surface area contributed by atoms with E-state index in [2.05, 4.69) is 95.4 Å². The first-order valence-electron chi connectivity index (χ1n) is 6.51. The number of carbonyl (C=O) groups is 1. The molecular formula is C16H20I2O. The Kier molecular flexibility index (Phi) is 6.50. The minimum atomic E-state index is -0.378. The van der Waals surface area contributed by atoms with Crippen molar-refractivity contribution in [3.8, 4) is 0 Å². The van der Waals surface area contributed by atoms with E-state index in [9.17, 15) is 4.79 Å². The van der Waals surface area contributed by atoms with E-state index in [1.165, 1.54) is 9.13 Å². The summed E-state index contributed by atoms with van der Waals surface area (Å²) in [7, 11) is 0. The second-order valence-electron chi connectivity index (χ2n) is 5.01. The van der Waals surface area contributed by atoms with E-state index < -0.39 is 0 Å². The van der Waals surface area contributed by atoms with Crippen LogP contribution in [-0.2, 0) is 10.2 Å². The Labute approximate surface area is 143 Å². The van der Waals surface area contributed by atoms with Crippen molar-refractivity contribution in [2.24, 2.45) is 0 Å². The lowest BCUT2D eigenvalue weighted by Gasteiger charge is -2.27. The zero-order chi connectivity index (χ0) is 14.5. The molecule has 0 fully saturated rings. The molecule has 0 amide bonds. The quantitative estimate of drug-likeness (QED) is 0.233. The smallest absolute Gasteiger partial charge is 0.139 e. The SMILES string of the molecule is CCC(I)(C=O)/C=C/C(C)(CC)c1ccc(I)cc1. The lowest BCUT2D eigenvalue weighted by atomic mass is 9.79. The Morgan fingerprint density at radius 1 is 1.11 bits per heavy atom. The summed E-state index contributed by atoms with van der Waals surface area (Å²) in [6, 6.07) is 8.62. The maximum atomic E-state index is 11.2. The number of hydrogen-bond donors (Lipinski definition) is 0. The Morgan fingerprint density at radius 2 is 1.68 bits per heavy atom. The third-order valence-electron chi connectivity index (χ3n) is 3.70. The van der Waals surface area contributed by atoms with Crippen LogP contribution in [0.5, 0.6) is 0 Å². The predicted molar refractivity (Wildman–Crippen MR) is 99.0 cm³/mol. The highest BCUT2D eigenvalue weighted by molar-refractivity contribution is 14.1. The zero-order valence-electron chi connectivity index (χ0n) is 11.6. The summed E-state index contributed by atoms with van der Waals surface area (Å²) in [5.41, 5.74) is 1.28. The number of allylic oxidation sites excluding steroid dienone is 2. The molecule has 0 aliphatic carbocycles. The Balaban J connectivity index is 3.07. The predicted octanol–water partition coefficient (Wildman–Crippen LogP) is 5.30. The molecule has 0 spiro atoms. The Hall–Kier alpha value is 0.0900. The molecule has 0 saturated heterocycles. The van der Waals surface area contributed by atoms with Crippen molar-refractivity contribution >= 4 is 51.5 Å². The van der Waals surface area contributed by atoms with Gasteiger partial charge in [0.05, 0.1) is 3.42 Å². The number of carbonyl (C=O) groups excluding carboxylic acids is 1. The first-order valence-corrected chi connectivity index (χ1v) is 8.66. The van der Waals surface area contributed by atoms with Gasteiger partial charge in [-0.15, -0.1) is 0 Å². The standard InChI is InChI=1S/C16H20I2O/c1-4-15(3,10-11-16(18,5-2)12-19)13-6-8-14(17)9-7-13/h6-12H,4-5H2,1-3H3/b11-10+. The van der Waals surface area contributed by atoms with Crippen LogP contribution in [0.15, 0.2) is 36.4 Å². The average molecular weight is 482 g/mol. The van der Waals surface area contributed by atoms with Crippen LogP contribution in [-0.4, -0.2) is 9.71 Å². The third-order valence-corrected chi connectivity index (χ3v) is 5.80. The topological polar surface area (TPSA) is 17.1 Å². The van der Waals surface area contributed by atoms with Crippen molar-refractivity contribution in [2.75, 3.05) is 0 Å². The summed E-state index contributed by atoms with van der Waals surface area (Å²) >= 11 is 4.55. The molecule has 0 aliphatic heterocycles. The molecule has 0 aromatic heterocycles. The van der Waals surface area contributed by atoms with Gasteiger partial charge in [0.15, 0.2) is 0 Å². The Bertz CT molecular complexity index is 452. The zero-order valence-corrected chi connectivity index (χ0v) is 15.9. The molecule has 3 heteroatoms. The largest absolute Gasteiger partial charge is 0.302 e. The van der Waals surface area contributed by atoms with Gasteiger partial charge in [-0.2, -0.15) is 0 Å². The molecule has 1 aromatic rings. The molecule has 0 N–H and O–H groups in total. The number of alkyl halides is 1. The Morgan fingerprint density at radius 3 is 2.11 bits per heavy atom. The molecule has 2 unspecified atom stereocenters. The number of benzene rings is 1. The van der Waals surface area contributed by atoms with E-state index in [0.717, 1.165) is 19.1 Å². The van der Waals surface area contributed by atoms with Gasteiger partial charge in [-0.3, -0.25) is 0 Å². The molecule has 0 radical (unpaired) electrons. The molecule has 0 bridgehead atoms. The van der Waals surface area contributed by atoms with E-state index in [1.807, 2.05) is 6.92 Å². The lowest BCUT2D eigenvalue weighted by Crippen LogP contribution is -2.22. The fourth-order valence-electron chi connectivity index (χ4n) is 1.81. The highest BCUT2D eigenvalue weighted by atomic mass is 127. The highest BCUT2D eigenvalue weighted by Gasteiger charge is 2.25. The molecular weight excluding hydrogens is 462 g/mol. The molecule has 0 heterocycles. The molecule has 0 saturated carbocycles. The molecule has 2 atom stereocenters. The first-order chi connectivity index (χ1) is 8.89. The third kappa shape index (κ3) is 4.55. The minimum absolute atomic E-state index is 0.0149. The van der Waals surface area contributed by atoms with Crippen LogP contribution in [0.3, 0.4) is 0 Å². The van der Waals surface area contributed by atoms with Gasteiger partial charge in [-0.25, -0.2) is 0 Å². The van der Waals surface area contributed by atoms with E-state index in [4.69, 9.17) is 0 Å².